The first-order valence-corrected chi connectivity index (χ1v) is 8.61. The zero-order valence-corrected chi connectivity index (χ0v) is 14.1. The van der Waals surface area contributed by atoms with Gasteiger partial charge in [0.15, 0.2) is 0 Å². The summed E-state index contributed by atoms with van der Waals surface area (Å²) in [6, 6.07) is 0.683. The Morgan fingerprint density at radius 2 is 1.62 bits per heavy atom. The summed E-state index contributed by atoms with van der Waals surface area (Å²) in [4.78, 5) is 17.0. The van der Waals surface area contributed by atoms with E-state index in [1.165, 1.54) is 25.9 Å². The van der Waals surface area contributed by atoms with Crippen LogP contribution in [-0.4, -0.2) is 54.5 Å². The minimum absolute atomic E-state index is 0.0953. The number of likely N-dealkylation sites (tertiary alicyclic amines) is 2. The molecule has 0 atom stereocenters. The molecule has 0 saturated carbocycles. The SMILES string of the molecule is CC(C)(C)CC(=O)N1CCC(N2CCC(CN)CC2)CC1. The Morgan fingerprint density at radius 3 is 2.10 bits per heavy atom. The first kappa shape index (κ1) is 16.8. The monoisotopic (exact) mass is 295 g/mol. The Kier molecular flexibility index (Phi) is 5.67. The van der Waals surface area contributed by atoms with E-state index in [0.717, 1.165) is 38.4 Å². The van der Waals surface area contributed by atoms with Gasteiger partial charge in [0.25, 0.3) is 0 Å². The van der Waals surface area contributed by atoms with Crippen molar-refractivity contribution in [3.05, 3.63) is 0 Å². The molecule has 4 nitrogen and oxygen atoms in total. The minimum Gasteiger partial charge on any atom is -0.343 e. The standard InChI is InChI=1S/C17H33N3O/c1-17(2,3)12-16(21)20-10-6-15(7-11-20)19-8-4-14(13-18)5-9-19/h14-15H,4-13,18H2,1-3H3. The molecule has 0 unspecified atom stereocenters. The summed E-state index contributed by atoms with van der Waals surface area (Å²) in [5, 5.41) is 0. The lowest BCUT2D eigenvalue weighted by molar-refractivity contribution is -0.134. The first-order valence-electron chi connectivity index (χ1n) is 8.61. The van der Waals surface area contributed by atoms with Crippen molar-refractivity contribution < 1.29 is 4.79 Å². The molecule has 0 aromatic heterocycles. The predicted octanol–water partition coefficient (Wildman–Crippen LogP) is 2.08. The summed E-state index contributed by atoms with van der Waals surface area (Å²) < 4.78 is 0. The van der Waals surface area contributed by atoms with E-state index in [1.54, 1.807) is 0 Å². The highest BCUT2D eigenvalue weighted by atomic mass is 16.2. The predicted molar refractivity (Wildman–Crippen MR) is 87.0 cm³/mol. The fourth-order valence-corrected chi connectivity index (χ4v) is 3.60. The third-order valence-electron chi connectivity index (χ3n) is 5.00. The second-order valence-electron chi connectivity index (χ2n) is 8.06. The topological polar surface area (TPSA) is 49.6 Å². The third kappa shape index (κ3) is 4.96. The minimum atomic E-state index is 0.0953. The molecule has 2 heterocycles. The Labute approximate surface area is 130 Å². The van der Waals surface area contributed by atoms with Gasteiger partial charge in [-0.1, -0.05) is 20.8 Å². The van der Waals surface area contributed by atoms with Gasteiger partial charge in [-0.15, -0.1) is 0 Å². The Morgan fingerprint density at radius 1 is 1.05 bits per heavy atom. The molecule has 0 aromatic carbocycles. The Bertz CT molecular complexity index is 334. The number of piperidine rings is 2. The van der Waals surface area contributed by atoms with Crippen LogP contribution in [0.4, 0.5) is 0 Å². The largest absolute Gasteiger partial charge is 0.343 e. The van der Waals surface area contributed by atoms with Crippen LogP contribution in [0.25, 0.3) is 0 Å². The number of hydrogen-bond donors (Lipinski definition) is 1. The van der Waals surface area contributed by atoms with Crippen LogP contribution in [0.5, 0.6) is 0 Å². The summed E-state index contributed by atoms with van der Waals surface area (Å²) in [6.45, 7) is 11.5. The average Bonchev–Trinajstić information content (AvgIpc) is 2.46. The smallest absolute Gasteiger partial charge is 0.223 e. The van der Waals surface area contributed by atoms with Crippen molar-refractivity contribution in [1.29, 1.82) is 0 Å². The van der Waals surface area contributed by atoms with Crippen LogP contribution >= 0.6 is 0 Å². The van der Waals surface area contributed by atoms with Crippen molar-refractivity contribution >= 4 is 5.91 Å². The van der Waals surface area contributed by atoms with Crippen LogP contribution in [0.15, 0.2) is 0 Å². The summed E-state index contributed by atoms with van der Waals surface area (Å²) in [7, 11) is 0. The number of rotatable bonds is 3. The van der Waals surface area contributed by atoms with Crippen LogP contribution in [0.1, 0.15) is 52.9 Å². The summed E-state index contributed by atoms with van der Waals surface area (Å²) in [5.41, 5.74) is 5.86. The van der Waals surface area contributed by atoms with Gasteiger partial charge in [0.1, 0.15) is 0 Å². The fraction of sp³-hybridized carbons (Fsp3) is 0.941. The molecule has 0 aliphatic carbocycles. The first-order chi connectivity index (χ1) is 9.89. The molecular weight excluding hydrogens is 262 g/mol. The molecule has 4 heteroatoms. The zero-order valence-electron chi connectivity index (χ0n) is 14.1. The van der Waals surface area contributed by atoms with Gasteiger partial charge in [0.2, 0.25) is 5.91 Å². The third-order valence-corrected chi connectivity index (χ3v) is 5.00. The molecule has 0 spiro atoms. The van der Waals surface area contributed by atoms with E-state index in [9.17, 15) is 4.79 Å². The van der Waals surface area contributed by atoms with E-state index in [4.69, 9.17) is 5.73 Å². The lowest BCUT2D eigenvalue weighted by Gasteiger charge is -2.42. The lowest BCUT2D eigenvalue weighted by atomic mass is 9.90. The molecule has 2 rings (SSSR count). The molecule has 2 fully saturated rings. The highest BCUT2D eigenvalue weighted by Gasteiger charge is 2.30. The van der Waals surface area contributed by atoms with Crippen LogP contribution < -0.4 is 5.73 Å². The fourth-order valence-electron chi connectivity index (χ4n) is 3.60. The molecule has 2 aliphatic rings. The molecular formula is C17H33N3O. The average molecular weight is 295 g/mol. The van der Waals surface area contributed by atoms with Gasteiger partial charge >= 0.3 is 0 Å². The molecule has 2 saturated heterocycles. The van der Waals surface area contributed by atoms with Gasteiger partial charge in [-0.3, -0.25) is 4.79 Å². The molecule has 0 bridgehead atoms. The van der Waals surface area contributed by atoms with E-state index < -0.39 is 0 Å². The van der Waals surface area contributed by atoms with E-state index in [1.807, 2.05) is 0 Å². The highest BCUT2D eigenvalue weighted by molar-refractivity contribution is 5.76. The molecule has 2 N–H and O–H groups in total. The van der Waals surface area contributed by atoms with Gasteiger partial charge in [0, 0.05) is 25.6 Å². The zero-order chi connectivity index (χ0) is 15.5. The maximum absolute atomic E-state index is 12.3. The van der Waals surface area contributed by atoms with Crippen molar-refractivity contribution in [2.24, 2.45) is 17.1 Å². The number of amides is 1. The van der Waals surface area contributed by atoms with E-state index >= 15 is 0 Å². The second-order valence-corrected chi connectivity index (χ2v) is 8.06. The number of carbonyl (C=O) groups is 1. The van der Waals surface area contributed by atoms with Crippen LogP contribution in [0, 0.1) is 11.3 Å². The van der Waals surface area contributed by atoms with Crippen molar-refractivity contribution in [2.75, 3.05) is 32.7 Å². The maximum Gasteiger partial charge on any atom is 0.223 e. The number of hydrogen-bond acceptors (Lipinski definition) is 3. The van der Waals surface area contributed by atoms with Gasteiger partial charge in [-0.25, -0.2) is 0 Å². The van der Waals surface area contributed by atoms with Crippen LogP contribution in [0.2, 0.25) is 0 Å². The number of carbonyl (C=O) groups excluding carboxylic acids is 1. The van der Waals surface area contributed by atoms with Gasteiger partial charge in [0.05, 0.1) is 0 Å². The molecule has 0 aromatic rings. The summed E-state index contributed by atoms with van der Waals surface area (Å²) in [6.07, 6.45) is 5.45. The van der Waals surface area contributed by atoms with E-state index in [-0.39, 0.29) is 5.41 Å². The second kappa shape index (κ2) is 7.10. The van der Waals surface area contributed by atoms with Crippen molar-refractivity contribution in [3.8, 4) is 0 Å². The van der Waals surface area contributed by atoms with Gasteiger partial charge in [-0.05, 0) is 56.7 Å². The molecule has 21 heavy (non-hydrogen) atoms. The van der Waals surface area contributed by atoms with Crippen molar-refractivity contribution in [3.63, 3.8) is 0 Å². The van der Waals surface area contributed by atoms with Gasteiger partial charge < -0.3 is 15.5 Å². The molecule has 1 amide bonds. The van der Waals surface area contributed by atoms with Crippen molar-refractivity contribution in [1.82, 2.24) is 9.80 Å². The maximum atomic E-state index is 12.3. The lowest BCUT2D eigenvalue weighted by Crippen LogP contribution is -2.49. The van der Waals surface area contributed by atoms with E-state index in [0.29, 0.717) is 18.4 Å². The van der Waals surface area contributed by atoms with Crippen LogP contribution in [-0.2, 0) is 4.79 Å². The molecule has 0 radical (unpaired) electrons. The van der Waals surface area contributed by atoms with Gasteiger partial charge in [-0.2, -0.15) is 0 Å². The Hall–Kier alpha value is -0.610. The molecule has 2 aliphatic heterocycles. The number of nitrogens with zero attached hydrogens (tertiary/aromatic N) is 2. The summed E-state index contributed by atoms with van der Waals surface area (Å²) >= 11 is 0. The Balaban J connectivity index is 1.75. The van der Waals surface area contributed by atoms with E-state index in [2.05, 4.69) is 30.6 Å². The van der Waals surface area contributed by atoms with Crippen molar-refractivity contribution in [2.45, 2.75) is 58.9 Å². The van der Waals surface area contributed by atoms with Crippen LogP contribution in [0.3, 0.4) is 0 Å². The molecule has 122 valence electrons. The summed E-state index contributed by atoms with van der Waals surface area (Å²) in [5.74, 6) is 1.07. The normalized spacial score (nSPS) is 23.5. The highest BCUT2D eigenvalue weighted by Crippen LogP contribution is 2.25. The quantitative estimate of drug-likeness (QED) is 0.867. The number of nitrogens with two attached hydrogens (primary N) is 1.